The van der Waals surface area contributed by atoms with E-state index in [2.05, 4.69) is 0 Å². The summed E-state index contributed by atoms with van der Waals surface area (Å²) < 4.78 is 37.5. The highest BCUT2D eigenvalue weighted by Gasteiger charge is 2.31. The third-order valence-corrected chi connectivity index (χ3v) is 2.48. The summed E-state index contributed by atoms with van der Waals surface area (Å²) in [6.07, 6.45) is -3.89. The maximum Gasteiger partial charge on any atom is 0.416 e. The van der Waals surface area contributed by atoms with E-state index in [1.165, 1.54) is 0 Å². The third-order valence-electron chi connectivity index (χ3n) is 2.48. The van der Waals surface area contributed by atoms with Crippen LogP contribution in [-0.2, 0) is 6.18 Å². The van der Waals surface area contributed by atoms with Crippen molar-refractivity contribution in [1.29, 1.82) is 0 Å². The predicted octanol–water partition coefficient (Wildman–Crippen LogP) is 3.46. The summed E-state index contributed by atoms with van der Waals surface area (Å²) in [5.74, 6) is 0.0603. The van der Waals surface area contributed by atoms with Gasteiger partial charge in [0.15, 0.2) is 0 Å². The molecule has 1 rings (SSSR count). The fourth-order valence-electron chi connectivity index (χ4n) is 1.66. The van der Waals surface area contributed by atoms with Gasteiger partial charge in [0.05, 0.1) is 5.56 Å². The Balaban J connectivity index is 3.06. The molecule has 5 heteroatoms. The van der Waals surface area contributed by atoms with Crippen molar-refractivity contribution in [1.82, 2.24) is 0 Å². The van der Waals surface area contributed by atoms with Gasteiger partial charge in [-0.2, -0.15) is 13.2 Å². The van der Waals surface area contributed by atoms with Crippen molar-refractivity contribution >= 4 is 0 Å². The first kappa shape index (κ1) is 13.8. The van der Waals surface area contributed by atoms with Crippen LogP contribution in [0.15, 0.2) is 18.2 Å². The standard InChI is InChI=1S/C12H16F3NO/c1-7(2)5-10(16)9-6-8(12(13,14)15)3-4-11(9)17/h3-4,6-7,10,17H,5,16H2,1-2H3/t10-/m1/s1. The van der Waals surface area contributed by atoms with Gasteiger partial charge in [-0.05, 0) is 30.5 Å². The first-order valence-electron chi connectivity index (χ1n) is 5.37. The molecule has 2 nitrogen and oxygen atoms in total. The molecule has 0 bridgehead atoms. The first-order chi connectivity index (χ1) is 7.71. The summed E-state index contributed by atoms with van der Waals surface area (Å²) in [6.45, 7) is 3.84. The van der Waals surface area contributed by atoms with E-state index in [4.69, 9.17) is 5.73 Å². The second kappa shape index (κ2) is 4.96. The van der Waals surface area contributed by atoms with Crippen molar-refractivity contribution in [3.05, 3.63) is 29.3 Å². The molecule has 3 N–H and O–H groups in total. The van der Waals surface area contributed by atoms with Gasteiger partial charge < -0.3 is 10.8 Å². The largest absolute Gasteiger partial charge is 0.508 e. The van der Waals surface area contributed by atoms with Crippen LogP contribution in [-0.4, -0.2) is 5.11 Å². The minimum Gasteiger partial charge on any atom is -0.508 e. The molecule has 0 aliphatic heterocycles. The Morgan fingerprint density at radius 1 is 1.29 bits per heavy atom. The summed E-state index contributed by atoms with van der Waals surface area (Å²) in [6, 6.07) is 2.22. The number of halogens is 3. The van der Waals surface area contributed by atoms with E-state index in [0.29, 0.717) is 6.42 Å². The zero-order chi connectivity index (χ0) is 13.2. The molecule has 1 aromatic rings. The molecule has 0 spiro atoms. The van der Waals surface area contributed by atoms with E-state index in [-0.39, 0.29) is 17.2 Å². The third kappa shape index (κ3) is 3.63. The van der Waals surface area contributed by atoms with E-state index >= 15 is 0 Å². The van der Waals surface area contributed by atoms with Gasteiger partial charge in [0.25, 0.3) is 0 Å². The van der Waals surface area contributed by atoms with Gasteiger partial charge in [0, 0.05) is 11.6 Å². The summed E-state index contributed by atoms with van der Waals surface area (Å²) >= 11 is 0. The fraction of sp³-hybridized carbons (Fsp3) is 0.500. The molecule has 17 heavy (non-hydrogen) atoms. The zero-order valence-electron chi connectivity index (χ0n) is 9.75. The lowest BCUT2D eigenvalue weighted by Gasteiger charge is -2.17. The number of nitrogens with two attached hydrogens (primary N) is 1. The van der Waals surface area contributed by atoms with Gasteiger partial charge in [-0.1, -0.05) is 13.8 Å². The number of hydrogen-bond donors (Lipinski definition) is 2. The molecule has 0 saturated carbocycles. The highest BCUT2D eigenvalue weighted by molar-refractivity contribution is 5.39. The van der Waals surface area contributed by atoms with Crippen LogP contribution in [0, 0.1) is 5.92 Å². The van der Waals surface area contributed by atoms with E-state index in [9.17, 15) is 18.3 Å². The molecular weight excluding hydrogens is 231 g/mol. The Morgan fingerprint density at radius 2 is 1.88 bits per heavy atom. The van der Waals surface area contributed by atoms with Crippen molar-refractivity contribution in [2.45, 2.75) is 32.5 Å². The van der Waals surface area contributed by atoms with Crippen LogP contribution >= 0.6 is 0 Å². The summed E-state index contributed by atoms with van der Waals surface area (Å²) in [5.41, 5.74) is 5.14. The van der Waals surface area contributed by atoms with E-state index in [1.807, 2.05) is 13.8 Å². The second-order valence-corrected chi connectivity index (χ2v) is 4.51. The molecular formula is C12H16F3NO. The Bertz CT molecular complexity index is 388. The Morgan fingerprint density at radius 3 is 2.35 bits per heavy atom. The van der Waals surface area contributed by atoms with Crippen LogP contribution in [0.3, 0.4) is 0 Å². The highest BCUT2D eigenvalue weighted by atomic mass is 19.4. The maximum absolute atomic E-state index is 12.5. The smallest absolute Gasteiger partial charge is 0.416 e. The lowest BCUT2D eigenvalue weighted by molar-refractivity contribution is -0.137. The molecule has 0 aliphatic carbocycles. The molecule has 96 valence electrons. The Labute approximate surface area is 98.3 Å². The fourth-order valence-corrected chi connectivity index (χ4v) is 1.66. The van der Waals surface area contributed by atoms with Gasteiger partial charge in [-0.15, -0.1) is 0 Å². The molecule has 0 aromatic heterocycles. The topological polar surface area (TPSA) is 46.2 Å². The van der Waals surface area contributed by atoms with Crippen molar-refractivity contribution in [2.24, 2.45) is 11.7 Å². The number of aromatic hydroxyl groups is 1. The molecule has 0 saturated heterocycles. The van der Waals surface area contributed by atoms with E-state index < -0.39 is 17.8 Å². The lowest BCUT2D eigenvalue weighted by Crippen LogP contribution is -2.14. The molecule has 0 unspecified atom stereocenters. The second-order valence-electron chi connectivity index (χ2n) is 4.51. The van der Waals surface area contributed by atoms with Gasteiger partial charge in [-0.25, -0.2) is 0 Å². The van der Waals surface area contributed by atoms with Crippen molar-refractivity contribution in [3.63, 3.8) is 0 Å². The minimum absolute atomic E-state index is 0.147. The molecule has 0 aliphatic rings. The van der Waals surface area contributed by atoms with Crippen molar-refractivity contribution in [2.75, 3.05) is 0 Å². The van der Waals surface area contributed by atoms with Crippen LogP contribution in [0.25, 0.3) is 0 Å². The Hall–Kier alpha value is -1.23. The summed E-state index contributed by atoms with van der Waals surface area (Å²) in [4.78, 5) is 0. The monoisotopic (exact) mass is 247 g/mol. The van der Waals surface area contributed by atoms with E-state index in [1.54, 1.807) is 0 Å². The van der Waals surface area contributed by atoms with Crippen LogP contribution in [0.1, 0.15) is 37.4 Å². The SMILES string of the molecule is CC(C)C[C@@H](N)c1cc(C(F)(F)F)ccc1O. The number of rotatable bonds is 3. The average Bonchev–Trinajstić information content (AvgIpc) is 2.15. The van der Waals surface area contributed by atoms with Gasteiger partial charge in [0.2, 0.25) is 0 Å². The number of benzene rings is 1. The minimum atomic E-state index is -4.42. The van der Waals surface area contributed by atoms with Gasteiger partial charge in [-0.3, -0.25) is 0 Å². The molecule has 1 atom stereocenters. The summed E-state index contributed by atoms with van der Waals surface area (Å²) in [5, 5.41) is 9.54. The number of hydrogen-bond acceptors (Lipinski definition) is 2. The maximum atomic E-state index is 12.5. The van der Waals surface area contributed by atoms with Gasteiger partial charge in [0.1, 0.15) is 5.75 Å². The van der Waals surface area contributed by atoms with Crippen LogP contribution in [0.2, 0.25) is 0 Å². The number of phenolic OH excluding ortho intramolecular Hbond substituents is 1. The van der Waals surface area contributed by atoms with E-state index in [0.717, 1.165) is 18.2 Å². The molecule has 0 fully saturated rings. The van der Waals surface area contributed by atoms with Crippen molar-refractivity contribution < 1.29 is 18.3 Å². The first-order valence-corrected chi connectivity index (χ1v) is 5.37. The molecule has 0 amide bonds. The van der Waals surface area contributed by atoms with Crippen LogP contribution < -0.4 is 5.73 Å². The molecule has 0 heterocycles. The number of alkyl halides is 3. The van der Waals surface area contributed by atoms with Crippen LogP contribution in [0.4, 0.5) is 13.2 Å². The lowest BCUT2D eigenvalue weighted by atomic mass is 9.95. The normalized spacial score (nSPS) is 14.1. The molecule has 1 aromatic carbocycles. The van der Waals surface area contributed by atoms with Crippen molar-refractivity contribution in [3.8, 4) is 5.75 Å². The Kier molecular flexibility index (Phi) is 4.03. The molecule has 0 radical (unpaired) electrons. The predicted molar refractivity (Wildman–Crippen MR) is 59.5 cm³/mol. The average molecular weight is 247 g/mol. The number of phenols is 1. The summed E-state index contributed by atoms with van der Waals surface area (Å²) in [7, 11) is 0. The highest BCUT2D eigenvalue weighted by Crippen LogP contribution is 2.35. The van der Waals surface area contributed by atoms with Gasteiger partial charge >= 0.3 is 6.18 Å². The zero-order valence-corrected chi connectivity index (χ0v) is 9.75. The quantitative estimate of drug-likeness (QED) is 0.859. The van der Waals surface area contributed by atoms with Crippen LogP contribution in [0.5, 0.6) is 5.75 Å².